The van der Waals surface area contributed by atoms with Crippen LogP contribution in [0.1, 0.15) is 10.6 Å². The van der Waals surface area contributed by atoms with Crippen molar-refractivity contribution in [3.05, 3.63) is 65.6 Å². The molecule has 5 nitrogen and oxygen atoms in total. The van der Waals surface area contributed by atoms with E-state index in [1.165, 1.54) is 0 Å². The number of aromatic nitrogens is 2. The molecule has 0 aliphatic carbocycles. The summed E-state index contributed by atoms with van der Waals surface area (Å²) in [6.07, 6.45) is 1.56. The van der Waals surface area contributed by atoms with Gasteiger partial charge < -0.3 is 4.42 Å². The number of halogens is 1. The van der Waals surface area contributed by atoms with Gasteiger partial charge in [-0.05, 0) is 36.4 Å². The lowest BCUT2D eigenvalue weighted by molar-refractivity contribution is 0.0984. The van der Waals surface area contributed by atoms with Crippen LogP contribution in [0.4, 0.5) is 0 Å². The van der Waals surface area contributed by atoms with Crippen molar-refractivity contribution in [2.75, 3.05) is 5.43 Å². The smallest absolute Gasteiger partial charge is 0.305 e. The molecule has 4 rings (SSSR count). The molecular weight excluding hydrogens is 302 g/mol. The Balaban J connectivity index is 1.68. The predicted octanol–water partition coefficient (Wildman–Crippen LogP) is 3.82. The van der Waals surface area contributed by atoms with Crippen LogP contribution in [0.25, 0.3) is 22.0 Å². The fraction of sp³-hybridized carbons (Fsp3) is 0. The summed E-state index contributed by atoms with van der Waals surface area (Å²) in [6.45, 7) is 0. The highest BCUT2D eigenvalue weighted by atomic mass is 35.5. The zero-order valence-electron chi connectivity index (χ0n) is 11.3. The van der Waals surface area contributed by atoms with Crippen LogP contribution in [0.15, 0.2) is 59.3 Å². The fourth-order valence-electron chi connectivity index (χ4n) is 2.34. The van der Waals surface area contributed by atoms with Crippen LogP contribution in [-0.4, -0.2) is 15.6 Å². The van der Waals surface area contributed by atoms with Gasteiger partial charge in [0, 0.05) is 10.4 Å². The molecule has 0 radical (unpaired) electrons. The second kappa shape index (κ2) is 4.89. The van der Waals surface area contributed by atoms with Crippen molar-refractivity contribution in [3.8, 4) is 0 Å². The van der Waals surface area contributed by atoms with E-state index in [9.17, 15) is 4.79 Å². The topological polar surface area (TPSA) is 60.1 Å². The highest BCUT2D eigenvalue weighted by molar-refractivity contribution is 6.31. The SMILES string of the molecule is O=C(Nn1cnc2ccccc21)c1cc2cc(Cl)ccc2o1. The Hall–Kier alpha value is -2.79. The third-order valence-electron chi connectivity index (χ3n) is 3.38. The molecular formula is C16H10ClN3O2. The van der Waals surface area contributed by atoms with Crippen LogP contribution in [0.2, 0.25) is 5.02 Å². The summed E-state index contributed by atoms with van der Waals surface area (Å²) in [7, 11) is 0. The molecule has 2 aromatic carbocycles. The number of carbonyl (C=O) groups is 1. The van der Waals surface area contributed by atoms with Crippen LogP contribution in [0.5, 0.6) is 0 Å². The molecule has 0 spiro atoms. The van der Waals surface area contributed by atoms with Gasteiger partial charge in [-0.25, -0.2) is 9.66 Å². The van der Waals surface area contributed by atoms with Gasteiger partial charge in [0.2, 0.25) is 0 Å². The number of fused-ring (bicyclic) bond motifs is 2. The fourth-order valence-corrected chi connectivity index (χ4v) is 2.52. The maximum atomic E-state index is 12.3. The van der Waals surface area contributed by atoms with Crippen molar-refractivity contribution in [2.24, 2.45) is 0 Å². The molecule has 4 aromatic rings. The van der Waals surface area contributed by atoms with Crippen LogP contribution < -0.4 is 5.43 Å². The van der Waals surface area contributed by atoms with E-state index in [0.29, 0.717) is 10.6 Å². The maximum absolute atomic E-state index is 12.3. The summed E-state index contributed by atoms with van der Waals surface area (Å²) >= 11 is 5.93. The molecule has 6 heteroatoms. The highest BCUT2D eigenvalue weighted by Gasteiger charge is 2.14. The lowest BCUT2D eigenvalue weighted by atomic mass is 10.2. The Morgan fingerprint density at radius 3 is 2.95 bits per heavy atom. The number of carbonyl (C=O) groups excluding carboxylic acids is 1. The number of amides is 1. The molecule has 1 N–H and O–H groups in total. The molecule has 0 saturated heterocycles. The first-order chi connectivity index (χ1) is 10.7. The quantitative estimate of drug-likeness (QED) is 0.612. The standard InChI is InChI=1S/C16H10ClN3O2/c17-11-5-6-14-10(7-11)8-15(22-14)16(21)19-20-9-18-12-3-1-2-4-13(12)20/h1-9H,(H,19,21). The van der Waals surface area contributed by atoms with Crippen molar-refractivity contribution in [2.45, 2.75) is 0 Å². The van der Waals surface area contributed by atoms with E-state index in [1.807, 2.05) is 24.3 Å². The first-order valence-electron chi connectivity index (χ1n) is 6.63. The molecule has 0 aliphatic rings. The number of furan rings is 1. The maximum Gasteiger partial charge on any atom is 0.305 e. The van der Waals surface area contributed by atoms with E-state index in [2.05, 4.69) is 10.4 Å². The van der Waals surface area contributed by atoms with Crippen molar-refractivity contribution in [1.29, 1.82) is 0 Å². The van der Waals surface area contributed by atoms with Gasteiger partial charge in [-0.3, -0.25) is 10.2 Å². The molecule has 22 heavy (non-hydrogen) atoms. The highest BCUT2D eigenvalue weighted by Crippen LogP contribution is 2.23. The van der Waals surface area contributed by atoms with Crippen LogP contribution in [-0.2, 0) is 0 Å². The van der Waals surface area contributed by atoms with E-state index in [0.717, 1.165) is 16.4 Å². The summed E-state index contributed by atoms with van der Waals surface area (Å²) in [5, 5.41) is 1.38. The third kappa shape index (κ3) is 2.12. The summed E-state index contributed by atoms with van der Waals surface area (Å²) in [5.41, 5.74) is 4.98. The molecule has 0 bridgehead atoms. The summed E-state index contributed by atoms with van der Waals surface area (Å²) in [4.78, 5) is 16.5. The third-order valence-corrected chi connectivity index (χ3v) is 3.61. The normalized spacial score (nSPS) is 11.1. The Kier molecular flexibility index (Phi) is 2.87. The van der Waals surface area contributed by atoms with Crippen molar-refractivity contribution in [1.82, 2.24) is 9.66 Å². The number of para-hydroxylation sites is 2. The zero-order chi connectivity index (χ0) is 15.1. The number of imidazole rings is 1. The van der Waals surface area contributed by atoms with Crippen LogP contribution >= 0.6 is 11.6 Å². The van der Waals surface area contributed by atoms with E-state index in [4.69, 9.17) is 16.0 Å². The number of nitrogens with zero attached hydrogens (tertiary/aromatic N) is 2. The second-order valence-corrected chi connectivity index (χ2v) is 5.27. The average Bonchev–Trinajstić information content (AvgIpc) is 3.11. The molecule has 2 aromatic heterocycles. The first kappa shape index (κ1) is 12.9. The van der Waals surface area contributed by atoms with Crippen LogP contribution in [0, 0.1) is 0 Å². The van der Waals surface area contributed by atoms with E-state index in [-0.39, 0.29) is 11.7 Å². The van der Waals surface area contributed by atoms with Gasteiger partial charge in [-0.2, -0.15) is 0 Å². The minimum absolute atomic E-state index is 0.218. The Morgan fingerprint density at radius 1 is 1.18 bits per heavy atom. The Morgan fingerprint density at radius 2 is 2.05 bits per heavy atom. The van der Waals surface area contributed by atoms with Gasteiger partial charge >= 0.3 is 5.91 Å². The van der Waals surface area contributed by atoms with E-state index >= 15 is 0 Å². The Bertz CT molecular complexity index is 1000. The lowest BCUT2D eigenvalue weighted by Crippen LogP contribution is -2.21. The van der Waals surface area contributed by atoms with Gasteiger partial charge in [-0.1, -0.05) is 23.7 Å². The minimum atomic E-state index is -0.351. The van der Waals surface area contributed by atoms with Crippen LogP contribution in [0.3, 0.4) is 0 Å². The lowest BCUT2D eigenvalue weighted by Gasteiger charge is -2.04. The number of rotatable bonds is 2. The molecule has 0 unspecified atom stereocenters. The number of nitrogens with one attached hydrogen (secondary N) is 1. The van der Waals surface area contributed by atoms with Gasteiger partial charge in [0.15, 0.2) is 5.76 Å². The van der Waals surface area contributed by atoms with Crippen molar-refractivity contribution >= 4 is 39.5 Å². The van der Waals surface area contributed by atoms with Gasteiger partial charge in [0.05, 0.1) is 11.0 Å². The summed E-state index contributed by atoms with van der Waals surface area (Å²) < 4.78 is 7.11. The Labute approximate surface area is 130 Å². The monoisotopic (exact) mass is 311 g/mol. The molecule has 0 aliphatic heterocycles. The largest absolute Gasteiger partial charge is 0.451 e. The van der Waals surface area contributed by atoms with Gasteiger partial charge in [0.25, 0.3) is 0 Å². The van der Waals surface area contributed by atoms with Gasteiger partial charge in [-0.15, -0.1) is 0 Å². The summed E-state index contributed by atoms with van der Waals surface area (Å²) in [6, 6.07) is 14.4. The second-order valence-electron chi connectivity index (χ2n) is 4.84. The molecule has 2 heterocycles. The minimum Gasteiger partial charge on any atom is -0.451 e. The molecule has 0 saturated carbocycles. The number of benzene rings is 2. The predicted molar refractivity (Wildman–Crippen MR) is 84.6 cm³/mol. The van der Waals surface area contributed by atoms with Crippen molar-refractivity contribution in [3.63, 3.8) is 0 Å². The van der Waals surface area contributed by atoms with E-state index < -0.39 is 0 Å². The molecule has 0 fully saturated rings. The van der Waals surface area contributed by atoms with E-state index in [1.54, 1.807) is 35.3 Å². The molecule has 0 atom stereocenters. The number of hydrogen-bond acceptors (Lipinski definition) is 3. The van der Waals surface area contributed by atoms with Crippen molar-refractivity contribution < 1.29 is 9.21 Å². The zero-order valence-corrected chi connectivity index (χ0v) is 12.0. The summed E-state index contributed by atoms with van der Waals surface area (Å²) in [5.74, 6) is -0.134. The molecule has 108 valence electrons. The molecule has 1 amide bonds. The first-order valence-corrected chi connectivity index (χ1v) is 7.01. The number of hydrogen-bond donors (Lipinski definition) is 1. The average molecular weight is 312 g/mol. The van der Waals surface area contributed by atoms with Gasteiger partial charge in [0.1, 0.15) is 11.9 Å².